The largest absolute Gasteiger partial charge is 0.507 e. The van der Waals surface area contributed by atoms with Gasteiger partial charge in [0.2, 0.25) is 0 Å². The van der Waals surface area contributed by atoms with Crippen LogP contribution >= 0.6 is 11.6 Å². The molecule has 6 heteroatoms. The second-order valence-corrected chi connectivity index (χ2v) is 9.94. The molecule has 2 N–H and O–H groups in total. The minimum Gasteiger partial charge on any atom is -0.507 e. The van der Waals surface area contributed by atoms with Crippen LogP contribution in [0.1, 0.15) is 63.0 Å². The van der Waals surface area contributed by atoms with Gasteiger partial charge < -0.3 is 14.6 Å². The maximum absolute atomic E-state index is 12.6. The van der Waals surface area contributed by atoms with E-state index in [9.17, 15) is 19.8 Å². The molecule has 0 atom stereocenters. The Bertz CT molecular complexity index is 1190. The number of carbonyl (C=O) groups is 1. The van der Waals surface area contributed by atoms with Gasteiger partial charge in [-0.3, -0.25) is 0 Å². The summed E-state index contributed by atoms with van der Waals surface area (Å²) >= 11 is 6.18. The molecule has 0 aliphatic heterocycles. The highest BCUT2D eigenvalue weighted by Gasteiger charge is 2.29. The Morgan fingerprint density at radius 2 is 1.50 bits per heavy atom. The van der Waals surface area contributed by atoms with Gasteiger partial charge in [-0.15, -0.1) is 0 Å². The van der Waals surface area contributed by atoms with Crippen molar-refractivity contribution in [2.24, 2.45) is 0 Å². The lowest BCUT2D eigenvalue weighted by Gasteiger charge is -2.28. The van der Waals surface area contributed by atoms with E-state index in [4.69, 9.17) is 16.0 Å². The van der Waals surface area contributed by atoms with Gasteiger partial charge in [0.25, 0.3) is 0 Å². The summed E-state index contributed by atoms with van der Waals surface area (Å²) < 4.78 is 5.25. The topological polar surface area (TPSA) is 87.7 Å². The van der Waals surface area contributed by atoms with Crippen molar-refractivity contribution in [2.75, 3.05) is 0 Å². The zero-order chi connectivity index (χ0) is 22.6. The molecule has 3 aromatic rings. The van der Waals surface area contributed by atoms with Crippen molar-refractivity contribution in [3.63, 3.8) is 0 Å². The van der Waals surface area contributed by atoms with E-state index in [1.54, 1.807) is 30.3 Å². The highest BCUT2D eigenvalue weighted by molar-refractivity contribution is 6.31. The Kier molecular flexibility index (Phi) is 5.23. The Hall–Kier alpha value is -2.79. The number of rotatable bonds is 2. The predicted molar refractivity (Wildman–Crippen MR) is 119 cm³/mol. The van der Waals surface area contributed by atoms with E-state index < -0.39 is 28.0 Å². The molecule has 2 aromatic carbocycles. The molecule has 0 saturated carbocycles. The van der Waals surface area contributed by atoms with Gasteiger partial charge in [-0.2, -0.15) is 0 Å². The van der Waals surface area contributed by atoms with Crippen LogP contribution in [-0.2, 0) is 10.8 Å². The fourth-order valence-electron chi connectivity index (χ4n) is 3.59. The van der Waals surface area contributed by atoms with Gasteiger partial charge in [0, 0.05) is 27.1 Å². The van der Waals surface area contributed by atoms with E-state index in [2.05, 4.69) is 0 Å². The normalized spacial score (nSPS) is 12.4. The van der Waals surface area contributed by atoms with Crippen molar-refractivity contribution >= 4 is 28.5 Å². The first-order valence-corrected chi connectivity index (χ1v) is 9.97. The van der Waals surface area contributed by atoms with E-state index in [1.807, 2.05) is 41.5 Å². The van der Waals surface area contributed by atoms with Crippen LogP contribution in [0.5, 0.6) is 5.75 Å². The van der Waals surface area contributed by atoms with E-state index in [1.165, 1.54) is 0 Å². The molecule has 0 unspecified atom stereocenters. The number of phenolic OH excluding ortho intramolecular Hbond substituents is 1. The lowest BCUT2D eigenvalue weighted by atomic mass is 9.77. The first-order valence-electron chi connectivity index (χ1n) is 9.60. The second-order valence-electron chi connectivity index (χ2n) is 9.51. The number of carboxylic acids is 1. The lowest BCUT2D eigenvalue weighted by Crippen LogP contribution is -2.19. The van der Waals surface area contributed by atoms with Gasteiger partial charge in [0.15, 0.2) is 5.56 Å². The van der Waals surface area contributed by atoms with Gasteiger partial charge in [-0.1, -0.05) is 53.1 Å². The first-order chi connectivity index (χ1) is 13.7. The van der Waals surface area contributed by atoms with Crippen molar-refractivity contribution in [1.29, 1.82) is 0 Å². The van der Waals surface area contributed by atoms with Crippen LogP contribution in [0.25, 0.3) is 22.1 Å². The van der Waals surface area contributed by atoms with Crippen LogP contribution in [0.2, 0.25) is 5.02 Å². The molecule has 1 heterocycles. The summed E-state index contributed by atoms with van der Waals surface area (Å²) in [7, 11) is 0. The van der Waals surface area contributed by atoms with Crippen LogP contribution in [0.4, 0.5) is 0 Å². The van der Waals surface area contributed by atoms with E-state index in [0.29, 0.717) is 27.1 Å². The molecule has 5 nitrogen and oxygen atoms in total. The van der Waals surface area contributed by atoms with Crippen molar-refractivity contribution in [3.8, 4) is 16.9 Å². The molecule has 0 saturated heterocycles. The number of carboxylic acid groups (broad SMARTS) is 1. The smallest absolute Gasteiger partial charge is 0.351 e. The summed E-state index contributed by atoms with van der Waals surface area (Å²) in [5.41, 5.74) is 0.0614. The Morgan fingerprint density at radius 3 is 1.97 bits per heavy atom. The number of hydrogen-bond donors (Lipinski definition) is 2. The van der Waals surface area contributed by atoms with Crippen LogP contribution < -0.4 is 5.63 Å². The van der Waals surface area contributed by atoms with Crippen molar-refractivity contribution in [1.82, 2.24) is 0 Å². The monoisotopic (exact) mass is 428 g/mol. The molecule has 0 amide bonds. The zero-order valence-electron chi connectivity index (χ0n) is 17.9. The maximum Gasteiger partial charge on any atom is 0.351 e. The summed E-state index contributed by atoms with van der Waals surface area (Å²) in [6.07, 6.45) is 0. The summed E-state index contributed by atoms with van der Waals surface area (Å²) in [6, 6.07) is 8.19. The van der Waals surface area contributed by atoms with Crippen LogP contribution in [0, 0.1) is 0 Å². The highest BCUT2D eigenvalue weighted by Crippen LogP contribution is 2.43. The molecule has 0 aliphatic rings. The molecule has 0 aliphatic carbocycles. The van der Waals surface area contributed by atoms with E-state index in [0.717, 1.165) is 0 Å². The molecule has 0 spiro atoms. The number of halogens is 1. The Balaban J connectivity index is 2.58. The zero-order valence-corrected chi connectivity index (χ0v) is 18.6. The Morgan fingerprint density at radius 1 is 0.967 bits per heavy atom. The molecule has 158 valence electrons. The van der Waals surface area contributed by atoms with Crippen molar-refractivity contribution in [2.45, 2.75) is 52.4 Å². The third kappa shape index (κ3) is 3.82. The predicted octanol–water partition coefficient (Wildman–Crippen LogP) is 6.11. The van der Waals surface area contributed by atoms with Gasteiger partial charge in [-0.25, -0.2) is 9.59 Å². The number of aromatic carboxylic acids is 1. The van der Waals surface area contributed by atoms with Gasteiger partial charge in [0.05, 0.1) is 0 Å². The third-order valence-electron chi connectivity index (χ3n) is 5.10. The van der Waals surface area contributed by atoms with Gasteiger partial charge in [-0.05, 0) is 46.7 Å². The number of aromatic hydroxyl groups is 1. The summed E-state index contributed by atoms with van der Waals surface area (Å²) in [5, 5.41) is 21.6. The molecular weight excluding hydrogens is 404 g/mol. The van der Waals surface area contributed by atoms with Crippen LogP contribution in [-0.4, -0.2) is 16.2 Å². The maximum atomic E-state index is 12.6. The fraction of sp³-hybridized carbons (Fsp3) is 0.333. The number of fused-ring (bicyclic) bond motifs is 1. The number of phenols is 1. The highest BCUT2D eigenvalue weighted by atomic mass is 35.5. The quantitative estimate of drug-likeness (QED) is 0.480. The van der Waals surface area contributed by atoms with E-state index in [-0.39, 0.29) is 16.9 Å². The molecule has 30 heavy (non-hydrogen) atoms. The van der Waals surface area contributed by atoms with Gasteiger partial charge in [0.1, 0.15) is 11.3 Å². The molecular formula is C24H25ClO5. The average molecular weight is 429 g/mol. The lowest BCUT2D eigenvalue weighted by molar-refractivity contribution is 0.0693. The first kappa shape index (κ1) is 21.9. The molecule has 1 aromatic heterocycles. The fourth-order valence-corrected chi connectivity index (χ4v) is 3.76. The summed E-state index contributed by atoms with van der Waals surface area (Å²) in [5.74, 6) is -1.22. The third-order valence-corrected chi connectivity index (χ3v) is 5.33. The van der Waals surface area contributed by atoms with E-state index >= 15 is 0 Å². The number of benzene rings is 2. The molecule has 0 fully saturated rings. The Labute approximate surface area is 179 Å². The molecule has 3 rings (SSSR count). The average Bonchev–Trinajstić information content (AvgIpc) is 2.59. The second kappa shape index (κ2) is 7.17. The van der Waals surface area contributed by atoms with Crippen LogP contribution in [0.15, 0.2) is 39.5 Å². The van der Waals surface area contributed by atoms with Crippen LogP contribution in [0.3, 0.4) is 0 Å². The minimum atomic E-state index is -1.39. The summed E-state index contributed by atoms with van der Waals surface area (Å²) in [6.45, 7) is 11.8. The standard InChI is InChI=1S/C24H25ClO5/c1-23(2,3)15-9-12(10-16(20(15)26)24(4,5)6)18-14-11-13(25)7-8-17(14)30-22(29)19(18)21(27)28/h7-11,26H,1-6H3,(H,27,28). The number of hydrogen-bond acceptors (Lipinski definition) is 4. The summed E-state index contributed by atoms with van der Waals surface area (Å²) in [4.78, 5) is 24.6. The van der Waals surface area contributed by atoms with Crippen molar-refractivity contribution < 1.29 is 19.4 Å². The molecule has 0 bridgehead atoms. The molecule has 0 radical (unpaired) electrons. The van der Waals surface area contributed by atoms with Crippen molar-refractivity contribution in [3.05, 3.63) is 62.5 Å². The minimum absolute atomic E-state index is 0.168. The van der Waals surface area contributed by atoms with Gasteiger partial charge >= 0.3 is 11.6 Å². The SMILES string of the molecule is CC(C)(C)c1cc(-c2c(C(=O)O)c(=O)oc3ccc(Cl)cc23)cc(C(C)(C)C)c1O.